The van der Waals surface area contributed by atoms with Crippen LogP contribution in [0, 0.1) is 5.92 Å². The molecule has 0 N–H and O–H groups in total. The molecule has 0 aliphatic carbocycles. The van der Waals surface area contributed by atoms with Gasteiger partial charge >= 0.3 is 6.18 Å². The van der Waals surface area contributed by atoms with Gasteiger partial charge in [0, 0.05) is 6.54 Å². The van der Waals surface area contributed by atoms with Gasteiger partial charge in [0.1, 0.15) is 0 Å². The maximum atomic E-state index is 11.8. The predicted octanol–water partition coefficient (Wildman–Crippen LogP) is 1.89. The summed E-state index contributed by atoms with van der Waals surface area (Å²) in [6.07, 6.45) is -3.12. The Bertz CT molecular complexity index is 132. The number of nitrogens with zero attached hydrogens (tertiary/aromatic N) is 1. The molecule has 11 heavy (non-hydrogen) atoms. The van der Waals surface area contributed by atoms with Crippen molar-refractivity contribution in [2.75, 3.05) is 19.6 Å². The molecule has 4 heteroatoms. The first-order valence-electron chi connectivity index (χ1n) is 3.76. The Labute approximate surface area is 64.2 Å². The van der Waals surface area contributed by atoms with Crippen molar-refractivity contribution in [3.8, 4) is 0 Å². The van der Waals surface area contributed by atoms with Crippen LogP contribution in [0.15, 0.2) is 0 Å². The monoisotopic (exact) mass is 167 g/mol. The summed E-state index contributed by atoms with van der Waals surface area (Å²) in [5.41, 5.74) is 0. The summed E-state index contributed by atoms with van der Waals surface area (Å²) in [4.78, 5) is 1.46. The average molecular weight is 167 g/mol. The quantitative estimate of drug-likeness (QED) is 0.576. The second-order valence-corrected chi connectivity index (χ2v) is 3.24. The third-order valence-electron chi connectivity index (χ3n) is 1.91. The maximum Gasteiger partial charge on any atom is 0.401 e. The molecule has 0 radical (unpaired) electrons. The van der Waals surface area contributed by atoms with Gasteiger partial charge in [-0.2, -0.15) is 13.2 Å². The normalized spacial score (nSPS) is 27.8. The Morgan fingerprint density at radius 2 is 2.09 bits per heavy atom. The SMILES string of the molecule is C[C@@H]1CCN(CC(F)(F)F)C1. The molecule has 1 heterocycles. The fraction of sp³-hybridized carbons (Fsp3) is 1.00. The first-order chi connectivity index (χ1) is 4.97. The van der Waals surface area contributed by atoms with Gasteiger partial charge in [0.05, 0.1) is 6.54 Å². The Hall–Kier alpha value is -0.250. The van der Waals surface area contributed by atoms with Crippen molar-refractivity contribution in [1.29, 1.82) is 0 Å². The average Bonchev–Trinajstić information content (AvgIpc) is 2.10. The van der Waals surface area contributed by atoms with Crippen LogP contribution in [0.1, 0.15) is 13.3 Å². The van der Waals surface area contributed by atoms with Gasteiger partial charge in [-0.15, -0.1) is 0 Å². The lowest BCUT2D eigenvalue weighted by Gasteiger charge is -2.16. The van der Waals surface area contributed by atoms with E-state index in [1.54, 1.807) is 0 Å². The number of halogens is 3. The van der Waals surface area contributed by atoms with E-state index in [0.29, 0.717) is 19.0 Å². The zero-order chi connectivity index (χ0) is 8.48. The molecule has 0 aromatic rings. The van der Waals surface area contributed by atoms with Crippen LogP contribution < -0.4 is 0 Å². The van der Waals surface area contributed by atoms with E-state index in [0.717, 1.165) is 6.42 Å². The van der Waals surface area contributed by atoms with Crippen LogP contribution in [0.25, 0.3) is 0 Å². The van der Waals surface area contributed by atoms with Crippen LogP contribution in [-0.4, -0.2) is 30.7 Å². The Kier molecular flexibility index (Phi) is 2.42. The van der Waals surface area contributed by atoms with E-state index in [9.17, 15) is 13.2 Å². The molecular weight excluding hydrogens is 155 g/mol. The van der Waals surface area contributed by atoms with E-state index in [4.69, 9.17) is 0 Å². The number of rotatable bonds is 1. The standard InChI is InChI=1S/C7H12F3N/c1-6-2-3-11(4-6)5-7(8,9)10/h6H,2-5H2,1H3/t6-/m1/s1. The van der Waals surface area contributed by atoms with Gasteiger partial charge < -0.3 is 0 Å². The minimum atomic E-state index is -4.02. The molecule has 1 nitrogen and oxygen atoms in total. The van der Waals surface area contributed by atoms with Crippen LogP contribution in [0.3, 0.4) is 0 Å². The smallest absolute Gasteiger partial charge is 0.295 e. The minimum absolute atomic E-state index is 0.428. The van der Waals surface area contributed by atoms with Crippen LogP contribution >= 0.6 is 0 Å². The Balaban J connectivity index is 2.29. The topological polar surface area (TPSA) is 3.24 Å². The van der Waals surface area contributed by atoms with E-state index >= 15 is 0 Å². The van der Waals surface area contributed by atoms with Gasteiger partial charge in [0.15, 0.2) is 0 Å². The van der Waals surface area contributed by atoms with E-state index in [1.165, 1.54) is 4.90 Å². The molecule has 0 unspecified atom stereocenters. The maximum absolute atomic E-state index is 11.8. The van der Waals surface area contributed by atoms with Crippen LogP contribution in [-0.2, 0) is 0 Å². The minimum Gasteiger partial charge on any atom is -0.295 e. The zero-order valence-electron chi connectivity index (χ0n) is 6.49. The molecule has 1 aliphatic rings. The fourth-order valence-electron chi connectivity index (χ4n) is 1.42. The Morgan fingerprint density at radius 1 is 1.45 bits per heavy atom. The van der Waals surface area contributed by atoms with Gasteiger partial charge in [-0.3, -0.25) is 4.90 Å². The lowest BCUT2D eigenvalue weighted by Crippen LogP contribution is -2.32. The molecule has 1 rings (SSSR count). The third kappa shape index (κ3) is 3.10. The summed E-state index contributed by atoms with van der Waals surface area (Å²) < 4.78 is 35.4. The summed E-state index contributed by atoms with van der Waals surface area (Å²) in [5.74, 6) is 0.428. The number of hydrogen-bond donors (Lipinski definition) is 0. The van der Waals surface area contributed by atoms with Crippen LogP contribution in [0.4, 0.5) is 13.2 Å². The van der Waals surface area contributed by atoms with Crippen LogP contribution in [0.2, 0.25) is 0 Å². The summed E-state index contributed by atoms with van der Waals surface area (Å²) in [7, 11) is 0. The molecule has 0 bridgehead atoms. The first kappa shape index (κ1) is 8.84. The lowest BCUT2D eigenvalue weighted by molar-refractivity contribution is -0.143. The number of hydrogen-bond acceptors (Lipinski definition) is 1. The van der Waals surface area contributed by atoms with E-state index < -0.39 is 12.7 Å². The van der Waals surface area contributed by atoms with Gasteiger partial charge in [-0.1, -0.05) is 6.92 Å². The van der Waals surface area contributed by atoms with E-state index in [1.807, 2.05) is 6.92 Å². The molecule has 66 valence electrons. The van der Waals surface area contributed by atoms with Gasteiger partial charge in [0.25, 0.3) is 0 Å². The zero-order valence-corrected chi connectivity index (χ0v) is 6.49. The second-order valence-electron chi connectivity index (χ2n) is 3.24. The Morgan fingerprint density at radius 3 is 2.45 bits per heavy atom. The highest BCUT2D eigenvalue weighted by atomic mass is 19.4. The highest BCUT2D eigenvalue weighted by Gasteiger charge is 2.33. The molecule has 1 fully saturated rings. The fourth-order valence-corrected chi connectivity index (χ4v) is 1.42. The molecule has 0 aromatic carbocycles. The van der Waals surface area contributed by atoms with Crippen molar-refractivity contribution in [1.82, 2.24) is 4.90 Å². The summed E-state index contributed by atoms with van der Waals surface area (Å²) in [6.45, 7) is 2.44. The second kappa shape index (κ2) is 3.01. The highest BCUT2D eigenvalue weighted by molar-refractivity contribution is 4.74. The van der Waals surface area contributed by atoms with Gasteiger partial charge in [-0.25, -0.2) is 0 Å². The predicted molar refractivity (Wildman–Crippen MR) is 36.3 cm³/mol. The molecule has 0 aromatic heterocycles. The molecule has 0 spiro atoms. The van der Waals surface area contributed by atoms with Gasteiger partial charge in [-0.05, 0) is 18.9 Å². The number of alkyl halides is 3. The van der Waals surface area contributed by atoms with Crippen molar-refractivity contribution in [2.24, 2.45) is 5.92 Å². The summed E-state index contributed by atoms with van der Waals surface area (Å²) in [5, 5.41) is 0. The molecule has 1 saturated heterocycles. The van der Waals surface area contributed by atoms with Crippen molar-refractivity contribution < 1.29 is 13.2 Å². The van der Waals surface area contributed by atoms with Crippen LogP contribution in [0.5, 0.6) is 0 Å². The molecule has 1 aliphatic heterocycles. The van der Waals surface area contributed by atoms with E-state index in [2.05, 4.69) is 0 Å². The molecular formula is C7H12F3N. The van der Waals surface area contributed by atoms with Crippen molar-refractivity contribution in [2.45, 2.75) is 19.5 Å². The largest absolute Gasteiger partial charge is 0.401 e. The number of likely N-dealkylation sites (tertiary alicyclic amines) is 1. The van der Waals surface area contributed by atoms with Crippen molar-refractivity contribution >= 4 is 0 Å². The molecule has 0 amide bonds. The summed E-state index contributed by atoms with van der Waals surface area (Å²) in [6, 6.07) is 0. The van der Waals surface area contributed by atoms with Gasteiger partial charge in [0.2, 0.25) is 0 Å². The van der Waals surface area contributed by atoms with Crippen molar-refractivity contribution in [3.05, 3.63) is 0 Å². The summed E-state index contributed by atoms with van der Waals surface area (Å²) >= 11 is 0. The third-order valence-corrected chi connectivity index (χ3v) is 1.91. The first-order valence-corrected chi connectivity index (χ1v) is 3.76. The molecule has 1 atom stereocenters. The van der Waals surface area contributed by atoms with Crippen molar-refractivity contribution in [3.63, 3.8) is 0 Å². The highest BCUT2D eigenvalue weighted by Crippen LogP contribution is 2.21. The molecule has 0 saturated carbocycles. The lowest BCUT2D eigenvalue weighted by atomic mass is 10.2. The van der Waals surface area contributed by atoms with E-state index in [-0.39, 0.29) is 0 Å².